The number of terminal acetylenes is 1. The van der Waals surface area contributed by atoms with Gasteiger partial charge in [-0.15, -0.1) is 6.42 Å². The van der Waals surface area contributed by atoms with E-state index < -0.39 is 5.97 Å². The van der Waals surface area contributed by atoms with Gasteiger partial charge >= 0.3 is 5.97 Å². The molecule has 6 heteroatoms. The van der Waals surface area contributed by atoms with Gasteiger partial charge in [-0.3, -0.25) is 4.68 Å². The van der Waals surface area contributed by atoms with E-state index in [1.165, 1.54) is 6.20 Å². The fourth-order valence-electron chi connectivity index (χ4n) is 1.90. The van der Waals surface area contributed by atoms with Crippen molar-refractivity contribution in [1.29, 1.82) is 0 Å². The van der Waals surface area contributed by atoms with Crippen LogP contribution < -0.4 is 5.32 Å². The number of hydrogen-bond acceptors (Lipinski definition) is 4. The van der Waals surface area contributed by atoms with Gasteiger partial charge < -0.3 is 10.4 Å². The van der Waals surface area contributed by atoms with E-state index in [-0.39, 0.29) is 12.1 Å². The van der Waals surface area contributed by atoms with Gasteiger partial charge in [0.2, 0.25) is 0 Å². The second-order valence-corrected chi connectivity index (χ2v) is 3.82. The van der Waals surface area contributed by atoms with Gasteiger partial charge in [0.1, 0.15) is 5.56 Å². The van der Waals surface area contributed by atoms with Crippen LogP contribution in [0, 0.1) is 19.3 Å². The van der Waals surface area contributed by atoms with E-state index in [0.717, 1.165) is 0 Å². The van der Waals surface area contributed by atoms with Gasteiger partial charge in [0.15, 0.2) is 5.65 Å². The number of hydrogen-bond donors (Lipinski definition) is 2. The third-order valence-electron chi connectivity index (χ3n) is 2.62. The molecule has 0 saturated carbocycles. The average Bonchev–Trinajstić information content (AvgIpc) is 2.62. The van der Waals surface area contributed by atoms with E-state index >= 15 is 0 Å². The largest absolute Gasteiger partial charge is 0.478 e. The van der Waals surface area contributed by atoms with Crippen LogP contribution in [0.5, 0.6) is 0 Å². The summed E-state index contributed by atoms with van der Waals surface area (Å²) in [6.45, 7) is 2.05. The molecule has 18 heavy (non-hydrogen) atoms. The van der Waals surface area contributed by atoms with Gasteiger partial charge in [-0.05, 0) is 6.92 Å². The summed E-state index contributed by atoms with van der Waals surface area (Å²) >= 11 is 0. The zero-order valence-electron chi connectivity index (χ0n) is 10.1. The number of nitrogens with zero attached hydrogens (tertiary/aromatic N) is 3. The lowest BCUT2D eigenvalue weighted by Gasteiger charge is -2.08. The van der Waals surface area contributed by atoms with Crippen LogP contribution in [0.1, 0.15) is 16.1 Å². The van der Waals surface area contributed by atoms with Crippen molar-refractivity contribution in [3.63, 3.8) is 0 Å². The van der Waals surface area contributed by atoms with Crippen LogP contribution in [0.2, 0.25) is 0 Å². The first-order valence-electron chi connectivity index (χ1n) is 5.29. The molecule has 0 bridgehead atoms. The minimum atomic E-state index is -1.05. The van der Waals surface area contributed by atoms with E-state index in [0.29, 0.717) is 22.4 Å². The first kappa shape index (κ1) is 11.9. The van der Waals surface area contributed by atoms with E-state index in [9.17, 15) is 4.79 Å². The Morgan fingerprint density at radius 1 is 1.67 bits per heavy atom. The lowest BCUT2D eigenvalue weighted by atomic mass is 10.1. The number of aromatic nitrogens is 3. The Kier molecular flexibility index (Phi) is 2.90. The summed E-state index contributed by atoms with van der Waals surface area (Å²) in [5.74, 6) is 1.37. The first-order valence-corrected chi connectivity index (χ1v) is 5.29. The van der Waals surface area contributed by atoms with E-state index in [1.807, 2.05) is 0 Å². The molecule has 0 amide bonds. The zero-order valence-corrected chi connectivity index (χ0v) is 10.1. The molecule has 2 aromatic rings. The van der Waals surface area contributed by atoms with Crippen molar-refractivity contribution in [3.8, 4) is 12.3 Å². The number of rotatable bonds is 3. The predicted molar refractivity (Wildman–Crippen MR) is 67.5 cm³/mol. The highest BCUT2D eigenvalue weighted by Crippen LogP contribution is 2.28. The van der Waals surface area contributed by atoms with Crippen LogP contribution >= 0.6 is 0 Å². The monoisotopic (exact) mass is 244 g/mol. The van der Waals surface area contributed by atoms with Crippen molar-refractivity contribution >= 4 is 22.7 Å². The van der Waals surface area contributed by atoms with Gasteiger partial charge in [-0.25, -0.2) is 9.78 Å². The Balaban J connectivity index is 2.76. The molecular formula is C12H12N4O2. The summed E-state index contributed by atoms with van der Waals surface area (Å²) in [4.78, 5) is 15.3. The minimum absolute atomic E-state index is 0.0915. The molecule has 6 nitrogen and oxygen atoms in total. The Hall–Kier alpha value is -2.55. The van der Waals surface area contributed by atoms with Crippen molar-refractivity contribution in [2.75, 3.05) is 11.9 Å². The summed E-state index contributed by atoms with van der Waals surface area (Å²) in [5.41, 5.74) is 1.89. The molecule has 0 aliphatic heterocycles. The fourth-order valence-corrected chi connectivity index (χ4v) is 1.90. The van der Waals surface area contributed by atoms with Crippen LogP contribution in [0.15, 0.2) is 6.20 Å². The second-order valence-electron chi connectivity index (χ2n) is 3.82. The normalized spacial score (nSPS) is 10.3. The minimum Gasteiger partial charge on any atom is -0.478 e. The van der Waals surface area contributed by atoms with Crippen LogP contribution in [0.4, 0.5) is 5.69 Å². The molecule has 0 unspecified atom stereocenters. The van der Waals surface area contributed by atoms with Crippen LogP contribution in [-0.2, 0) is 7.05 Å². The Bertz CT molecular complexity index is 667. The highest BCUT2D eigenvalue weighted by Gasteiger charge is 2.18. The average molecular weight is 244 g/mol. The van der Waals surface area contributed by atoms with Gasteiger partial charge in [-0.2, -0.15) is 5.10 Å². The van der Waals surface area contributed by atoms with Crippen molar-refractivity contribution in [2.24, 2.45) is 7.05 Å². The Labute approximate surface area is 104 Å². The number of anilines is 1. The predicted octanol–water partition coefficient (Wildman–Crippen LogP) is 1.02. The fraction of sp³-hybridized carbons (Fsp3) is 0.250. The smallest absolute Gasteiger partial charge is 0.339 e. The first-order chi connectivity index (χ1) is 8.56. The summed E-state index contributed by atoms with van der Waals surface area (Å²) in [6, 6.07) is 0. The van der Waals surface area contributed by atoms with Gasteiger partial charge in [0, 0.05) is 13.2 Å². The van der Waals surface area contributed by atoms with Crippen molar-refractivity contribution < 1.29 is 9.90 Å². The molecule has 0 aliphatic rings. The van der Waals surface area contributed by atoms with Crippen LogP contribution in [-0.4, -0.2) is 32.4 Å². The maximum absolute atomic E-state index is 11.2. The summed E-state index contributed by atoms with van der Waals surface area (Å²) in [5, 5.41) is 17.0. The summed E-state index contributed by atoms with van der Waals surface area (Å²) in [7, 11) is 1.76. The number of carboxylic acids is 1. The molecule has 92 valence electrons. The van der Waals surface area contributed by atoms with E-state index in [4.69, 9.17) is 11.5 Å². The molecule has 0 atom stereocenters. The van der Waals surface area contributed by atoms with Crippen molar-refractivity contribution in [1.82, 2.24) is 14.8 Å². The standard InChI is InChI=1S/C12H12N4O2/c1-4-5-13-10-8(12(17)18)6-14-11-9(10)7(2)15-16(11)3/h1,6H,5H2,2-3H3,(H,13,14)(H,17,18). The molecule has 0 radical (unpaired) electrons. The number of aromatic carboxylic acids is 1. The van der Waals surface area contributed by atoms with Gasteiger partial charge in [-0.1, -0.05) is 5.92 Å². The SMILES string of the molecule is C#CCNc1c(C(=O)O)cnc2c1c(C)nn2C. The maximum Gasteiger partial charge on any atom is 0.339 e. The molecule has 2 aromatic heterocycles. The molecular weight excluding hydrogens is 232 g/mol. The summed E-state index contributed by atoms with van der Waals surface area (Å²) < 4.78 is 1.61. The van der Waals surface area contributed by atoms with Gasteiger partial charge in [0.05, 0.1) is 23.3 Å². The topological polar surface area (TPSA) is 80.0 Å². The molecule has 0 saturated heterocycles. The number of aryl methyl sites for hydroxylation is 2. The molecule has 0 spiro atoms. The van der Waals surface area contributed by atoms with Crippen molar-refractivity contribution in [2.45, 2.75) is 6.92 Å². The third-order valence-corrected chi connectivity index (χ3v) is 2.62. The Morgan fingerprint density at radius 3 is 3.00 bits per heavy atom. The van der Waals surface area contributed by atoms with E-state index in [2.05, 4.69) is 21.3 Å². The highest BCUT2D eigenvalue weighted by atomic mass is 16.4. The molecule has 2 rings (SSSR count). The number of carboxylic acid groups (broad SMARTS) is 1. The lowest BCUT2D eigenvalue weighted by molar-refractivity contribution is 0.0697. The Morgan fingerprint density at radius 2 is 2.39 bits per heavy atom. The van der Waals surface area contributed by atoms with Crippen LogP contribution in [0.3, 0.4) is 0 Å². The molecule has 0 fully saturated rings. The molecule has 0 aromatic carbocycles. The summed E-state index contributed by atoms with van der Waals surface area (Å²) in [6.07, 6.45) is 6.50. The lowest BCUT2D eigenvalue weighted by Crippen LogP contribution is -2.08. The number of pyridine rings is 1. The molecule has 2 heterocycles. The zero-order chi connectivity index (χ0) is 13.3. The van der Waals surface area contributed by atoms with Gasteiger partial charge in [0.25, 0.3) is 0 Å². The molecule has 2 N–H and O–H groups in total. The molecule has 0 aliphatic carbocycles. The van der Waals surface area contributed by atoms with Crippen molar-refractivity contribution in [3.05, 3.63) is 17.5 Å². The quantitative estimate of drug-likeness (QED) is 0.788. The highest BCUT2D eigenvalue weighted by molar-refractivity contribution is 6.04. The number of fused-ring (bicyclic) bond motifs is 1. The number of carbonyl (C=O) groups is 1. The number of nitrogens with one attached hydrogen (secondary N) is 1. The van der Waals surface area contributed by atoms with E-state index in [1.54, 1.807) is 18.7 Å². The second kappa shape index (κ2) is 4.37. The maximum atomic E-state index is 11.2. The van der Waals surface area contributed by atoms with Crippen LogP contribution in [0.25, 0.3) is 11.0 Å². The third kappa shape index (κ3) is 1.76.